The highest BCUT2D eigenvalue weighted by atomic mass is 19.4. The first-order valence-electron chi connectivity index (χ1n) is 9.35. The van der Waals surface area contributed by atoms with Crippen molar-refractivity contribution in [3.63, 3.8) is 0 Å². The molecule has 0 amide bonds. The monoisotopic (exact) mass is 432 g/mol. The number of aryl methyl sites for hydroxylation is 2. The van der Waals surface area contributed by atoms with Crippen LogP contribution in [0.25, 0.3) is 0 Å². The van der Waals surface area contributed by atoms with Gasteiger partial charge >= 0.3 is 12.3 Å². The van der Waals surface area contributed by atoms with Gasteiger partial charge in [-0.25, -0.2) is 9.48 Å². The second-order valence-electron chi connectivity index (χ2n) is 6.64. The van der Waals surface area contributed by atoms with Gasteiger partial charge in [-0.05, 0) is 31.0 Å². The summed E-state index contributed by atoms with van der Waals surface area (Å²) < 4.78 is 42.8. The molecule has 0 spiro atoms. The molecule has 2 heterocycles. The van der Waals surface area contributed by atoms with Crippen molar-refractivity contribution in [2.24, 2.45) is 0 Å². The molecule has 0 saturated heterocycles. The van der Waals surface area contributed by atoms with Crippen molar-refractivity contribution in [1.82, 2.24) is 14.8 Å². The fourth-order valence-corrected chi connectivity index (χ4v) is 2.97. The molecule has 10 heteroatoms. The third kappa shape index (κ3) is 5.27. The molecule has 0 saturated carbocycles. The Bertz CT molecular complexity index is 1140. The summed E-state index contributed by atoms with van der Waals surface area (Å²) in [4.78, 5) is 29.4. The van der Waals surface area contributed by atoms with Gasteiger partial charge in [-0.1, -0.05) is 30.3 Å². The minimum Gasteiger partial charge on any atom is -0.368 e. The SMILES string of the molecule is CCn1nc(C(=O)OC(F)(F)F)c(Cc2ccccc2)c(Nc2cnccc2C)c1=O. The molecule has 0 aliphatic heterocycles. The molecule has 0 bridgehead atoms. The van der Waals surface area contributed by atoms with Crippen molar-refractivity contribution in [2.45, 2.75) is 33.2 Å². The molecular weight excluding hydrogens is 413 g/mol. The van der Waals surface area contributed by atoms with E-state index in [9.17, 15) is 22.8 Å². The number of rotatable bonds is 6. The number of pyridine rings is 1. The van der Waals surface area contributed by atoms with Crippen molar-refractivity contribution in [2.75, 3.05) is 5.32 Å². The number of alkyl halides is 3. The molecule has 0 fully saturated rings. The van der Waals surface area contributed by atoms with Crippen LogP contribution in [0, 0.1) is 6.92 Å². The van der Waals surface area contributed by atoms with Crippen molar-refractivity contribution >= 4 is 17.3 Å². The number of hydrogen-bond donors (Lipinski definition) is 1. The Balaban J connectivity index is 2.22. The van der Waals surface area contributed by atoms with Gasteiger partial charge in [0.05, 0.1) is 11.9 Å². The quantitative estimate of drug-likeness (QED) is 0.593. The molecule has 3 rings (SSSR count). The molecule has 1 N–H and O–H groups in total. The maximum Gasteiger partial charge on any atom is 0.575 e. The first-order chi connectivity index (χ1) is 14.7. The number of aromatic nitrogens is 3. The predicted molar refractivity (Wildman–Crippen MR) is 107 cm³/mol. The number of anilines is 2. The van der Waals surface area contributed by atoms with Crippen molar-refractivity contribution in [3.05, 3.63) is 81.5 Å². The second-order valence-corrected chi connectivity index (χ2v) is 6.64. The van der Waals surface area contributed by atoms with E-state index in [1.54, 1.807) is 56.4 Å². The van der Waals surface area contributed by atoms with Crippen LogP contribution in [0.4, 0.5) is 24.5 Å². The van der Waals surface area contributed by atoms with E-state index in [0.717, 1.165) is 10.2 Å². The third-order valence-electron chi connectivity index (χ3n) is 4.48. The fourth-order valence-electron chi connectivity index (χ4n) is 2.97. The molecule has 7 nitrogen and oxygen atoms in total. The molecule has 162 valence electrons. The van der Waals surface area contributed by atoms with Crippen LogP contribution < -0.4 is 10.9 Å². The van der Waals surface area contributed by atoms with Gasteiger partial charge in [0.1, 0.15) is 5.69 Å². The zero-order chi connectivity index (χ0) is 22.6. The Kier molecular flexibility index (Phi) is 6.38. The summed E-state index contributed by atoms with van der Waals surface area (Å²) in [6.45, 7) is 3.40. The Hall–Kier alpha value is -3.69. The van der Waals surface area contributed by atoms with Gasteiger partial charge in [0.25, 0.3) is 5.56 Å². The van der Waals surface area contributed by atoms with Crippen LogP contribution in [0.15, 0.2) is 53.6 Å². The third-order valence-corrected chi connectivity index (χ3v) is 4.48. The van der Waals surface area contributed by atoms with Crippen LogP contribution in [-0.2, 0) is 17.7 Å². The summed E-state index contributed by atoms with van der Waals surface area (Å²) >= 11 is 0. The fraction of sp³-hybridized carbons (Fsp3) is 0.238. The average Bonchev–Trinajstić information content (AvgIpc) is 2.71. The van der Waals surface area contributed by atoms with Crippen molar-refractivity contribution in [1.29, 1.82) is 0 Å². The van der Waals surface area contributed by atoms with Crippen molar-refractivity contribution < 1.29 is 22.7 Å². The molecule has 0 atom stereocenters. The predicted octanol–water partition coefficient (Wildman–Crippen LogP) is 3.98. The zero-order valence-corrected chi connectivity index (χ0v) is 16.7. The molecule has 0 aliphatic carbocycles. The van der Waals surface area contributed by atoms with Gasteiger partial charge < -0.3 is 10.1 Å². The van der Waals surface area contributed by atoms with E-state index in [0.29, 0.717) is 11.3 Å². The molecule has 3 aromatic rings. The van der Waals surface area contributed by atoms with E-state index in [2.05, 4.69) is 20.1 Å². The topological polar surface area (TPSA) is 86.1 Å². The molecule has 1 aromatic carbocycles. The number of nitrogens with zero attached hydrogens (tertiary/aromatic N) is 3. The van der Waals surface area contributed by atoms with Gasteiger partial charge in [0, 0.05) is 24.7 Å². The Labute approximate surface area is 175 Å². The number of nitrogens with one attached hydrogen (secondary N) is 1. The van der Waals surface area contributed by atoms with Gasteiger partial charge in [-0.3, -0.25) is 9.78 Å². The molecular formula is C21H19F3N4O3. The minimum atomic E-state index is -5.19. The summed E-state index contributed by atoms with van der Waals surface area (Å²) in [5.41, 5.74) is 0.651. The lowest BCUT2D eigenvalue weighted by Crippen LogP contribution is -2.31. The van der Waals surface area contributed by atoms with E-state index in [-0.39, 0.29) is 24.2 Å². The van der Waals surface area contributed by atoms with Crippen LogP contribution in [0.2, 0.25) is 0 Å². The van der Waals surface area contributed by atoms with E-state index < -0.39 is 23.6 Å². The molecule has 0 radical (unpaired) electrons. The largest absolute Gasteiger partial charge is 0.575 e. The van der Waals surface area contributed by atoms with E-state index >= 15 is 0 Å². The lowest BCUT2D eigenvalue weighted by atomic mass is 10.0. The van der Waals surface area contributed by atoms with Crippen LogP contribution in [0.5, 0.6) is 0 Å². The smallest absolute Gasteiger partial charge is 0.368 e. The molecule has 0 unspecified atom stereocenters. The first kappa shape index (κ1) is 22.0. The summed E-state index contributed by atoms with van der Waals surface area (Å²) in [5, 5.41) is 6.81. The first-order valence-corrected chi connectivity index (χ1v) is 9.35. The number of ether oxygens (including phenoxy) is 1. The highest BCUT2D eigenvalue weighted by molar-refractivity contribution is 5.91. The number of carbonyl (C=O) groups is 1. The summed E-state index contributed by atoms with van der Waals surface area (Å²) in [5.74, 6) is -1.69. The van der Waals surface area contributed by atoms with Crippen LogP contribution >= 0.6 is 0 Å². The number of carbonyl (C=O) groups excluding carboxylic acids is 1. The Morgan fingerprint density at radius 3 is 2.52 bits per heavy atom. The number of hydrogen-bond acceptors (Lipinski definition) is 6. The molecule has 31 heavy (non-hydrogen) atoms. The van der Waals surface area contributed by atoms with Gasteiger partial charge in [-0.15, -0.1) is 13.2 Å². The number of benzene rings is 1. The van der Waals surface area contributed by atoms with Crippen LogP contribution in [0.3, 0.4) is 0 Å². The lowest BCUT2D eigenvalue weighted by molar-refractivity contribution is -0.292. The van der Waals surface area contributed by atoms with E-state index in [1.807, 2.05) is 0 Å². The van der Waals surface area contributed by atoms with Crippen molar-refractivity contribution in [3.8, 4) is 0 Å². The average molecular weight is 432 g/mol. The number of esters is 1. The number of halogens is 3. The second kappa shape index (κ2) is 8.99. The summed E-state index contributed by atoms with van der Waals surface area (Å²) in [7, 11) is 0. The van der Waals surface area contributed by atoms with Crippen LogP contribution in [0.1, 0.15) is 34.1 Å². The minimum absolute atomic E-state index is 0.00148. The maximum atomic E-state index is 13.0. The summed E-state index contributed by atoms with van der Waals surface area (Å²) in [6, 6.07) is 10.4. The normalized spacial score (nSPS) is 11.3. The van der Waals surface area contributed by atoms with E-state index in [4.69, 9.17) is 0 Å². The molecule has 2 aromatic heterocycles. The highest BCUT2D eigenvalue weighted by Crippen LogP contribution is 2.26. The Morgan fingerprint density at radius 2 is 1.90 bits per heavy atom. The molecule has 0 aliphatic rings. The van der Waals surface area contributed by atoms with Gasteiger partial charge in [0.15, 0.2) is 5.69 Å². The Morgan fingerprint density at radius 1 is 1.19 bits per heavy atom. The van der Waals surface area contributed by atoms with Gasteiger partial charge in [-0.2, -0.15) is 5.10 Å². The standard InChI is InChI=1S/C21H19F3N4O3/c1-3-28-19(29)17(26-16-12-25-10-9-13(16)2)15(11-14-7-5-4-6-8-14)18(27-28)20(30)31-21(22,23)24/h4-10,12,26H,3,11H2,1-2H3. The highest BCUT2D eigenvalue weighted by Gasteiger charge is 2.37. The van der Waals surface area contributed by atoms with E-state index in [1.165, 1.54) is 6.20 Å². The maximum absolute atomic E-state index is 13.0. The zero-order valence-electron chi connectivity index (χ0n) is 16.7. The van der Waals surface area contributed by atoms with Gasteiger partial charge in [0.2, 0.25) is 0 Å². The lowest BCUT2D eigenvalue weighted by Gasteiger charge is -2.18. The van der Waals surface area contributed by atoms with Crippen LogP contribution in [-0.4, -0.2) is 27.1 Å². The summed E-state index contributed by atoms with van der Waals surface area (Å²) in [6.07, 6.45) is -2.17.